The molecule has 0 radical (unpaired) electrons. The van der Waals surface area contributed by atoms with Gasteiger partial charge in [0.1, 0.15) is 5.75 Å². The van der Waals surface area contributed by atoms with Gasteiger partial charge in [0, 0.05) is 31.6 Å². The van der Waals surface area contributed by atoms with Crippen molar-refractivity contribution < 1.29 is 23.0 Å². The maximum Gasteiger partial charge on any atom is 0.387 e. The smallest absolute Gasteiger partial charge is 0.387 e. The Labute approximate surface area is 133 Å². The van der Waals surface area contributed by atoms with Crippen molar-refractivity contribution in [3.63, 3.8) is 0 Å². The number of para-hydroxylation sites is 1. The molecule has 0 atom stereocenters. The van der Waals surface area contributed by atoms with Crippen LogP contribution in [0.25, 0.3) is 0 Å². The molecule has 0 aromatic heterocycles. The molecule has 126 valence electrons. The van der Waals surface area contributed by atoms with Crippen molar-refractivity contribution in [2.45, 2.75) is 13.0 Å². The third kappa shape index (κ3) is 6.29. The number of nitrogens with one attached hydrogen (secondary N) is 1. The molecule has 8 heteroatoms. The Balaban J connectivity index is 1.78. The van der Waals surface area contributed by atoms with Gasteiger partial charge >= 0.3 is 6.61 Å². The van der Waals surface area contributed by atoms with Gasteiger partial charge in [-0.2, -0.15) is 13.9 Å². The van der Waals surface area contributed by atoms with Crippen molar-refractivity contribution in [1.82, 2.24) is 10.3 Å². The maximum atomic E-state index is 12.3. The predicted molar refractivity (Wildman–Crippen MR) is 80.7 cm³/mol. The number of carbonyl (C=O) groups is 1. The molecule has 1 N–H and O–H groups in total. The summed E-state index contributed by atoms with van der Waals surface area (Å²) in [7, 11) is 0. The fourth-order valence-corrected chi connectivity index (χ4v) is 2.10. The molecule has 1 heterocycles. The number of carbonyl (C=O) groups excluding carboxylic acids is 1. The largest absolute Gasteiger partial charge is 0.434 e. The van der Waals surface area contributed by atoms with Crippen molar-refractivity contribution in [3.8, 4) is 5.75 Å². The van der Waals surface area contributed by atoms with Crippen LogP contribution in [0.5, 0.6) is 5.75 Å². The SMILES string of the molecule is O=C(CCN1CCOCC1)N/N=C\c1ccccc1OC(F)F. The van der Waals surface area contributed by atoms with Crippen LogP contribution in [0.4, 0.5) is 8.78 Å². The third-order valence-electron chi connectivity index (χ3n) is 3.29. The van der Waals surface area contributed by atoms with Gasteiger partial charge in [0.05, 0.1) is 19.4 Å². The lowest BCUT2D eigenvalue weighted by Gasteiger charge is -2.25. The zero-order valence-corrected chi connectivity index (χ0v) is 12.6. The second-order valence-corrected chi connectivity index (χ2v) is 4.91. The maximum absolute atomic E-state index is 12.3. The number of benzene rings is 1. The summed E-state index contributed by atoms with van der Waals surface area (Å²) in [5.74, 6) is -0.228. The normalized spacial score (nSPS) is 16.0. The molecular formula is C15H19F2N3O3. The molecule has 1 aromatic carbocycles. The van der Waals surface area contributed by atoms with Gasteiger partial charge in [-0.1, -0.05) is 12.1 Å². The zero-order chi connectivity index (χ0) is 16.5. The van der Waals surface area contributed by atoms with Crippen LogP contribution in [0.2, 0.25) is 0 Å². The van der Waals surface area contributed by atoms with Gasteiger partial charge in [-0.25, -0.2) is 5.43 Å². The van der Waals surface area contributed by atoms with Gasteiger partial charge in [-0.05, 0) is 12.1 Å². The minimum absolute atomic E-state index is 0.00816. The van der Waals surface area contributed by atoms with Crippen LogP contribution in [0.1, 0.15) is 12.0 Å². The van der Waals surface area contributed by atoms with Crippen LogP contribution in [-0.4, -0.2) is 56.5 Å². The standard InChI is InChI=1S/C15H19F2N3O3/c16-15(17)23-13-4-2-1-3-12(13)11-18-19-14(21)5-6-20-7-9-22-10-8-20/h1-4,11,15H,5-10H2,(H,19,21)/b18-11-. The van der Waals surface area contributed by atoms with Crippen LogP contribution in [0.15, 0.2) is 29.4 Å². The number of amides is 1. The molecule has 1 amide bonds. The Kier molecular flexibility index (Phi) is 6.89. The number of hydrogen-bond donors (Lipinski definition) is 1. The van der Waals surface area contributed by atoms with Crippen LogP contribution in [0, 0.1) is 0 Å². The minimum atomic E-state index is -2.91. The topological polar surface area (TPSA) is 63.2 Å². The van der Waals surface area contributed by atoms with Gasteiger partial charge in [0.15, 0.2) is 0 Å². The van der Waals surface area contributed by atoms with Gasteiger partial charge < -0.3 is 9.47 Å². The van der Waals surface area contributed by atoms with E-state index in [1.807, 2.05) is 0 Å². The van der Waals surface area contributed by atoms with Crippen LogP contribution in [-0.2, 0) is 9.53 Å². The van der Waals surface area contributed by atoms with Gasteiger partial charge in [0.25, 0.3) is 0 Å². The number of hydrazone groups is 1. The molecule has 1 aromatic rings. The second-order valence-electron chi connectivity index (χ2n) is 4.91. The number of halogens is 2. The van der Waals surface area contributed by atoms with Gasteiger partial charge in [-0.3, -0.25) is 9.69 Å². The molecule has 0 spiro atoms. The second kappa shape index (κ2) is 9.16. The van der Waals surface area contributed by atoms with E-state index >= 15 is 0 Å². The van der Waals surface area contributed by atoms with Crippen molar-refractivity contribution in [1.29, 1.82) is 0 Å². The summed E-state index contributed by atoms with van der Waals surface area (Å²) >= 11 is 0. The van der Waals surface area contributed by atoms with Gasteiger partial charge in [0.2, 0.25) is 5.91 Å². The fraction of sp³-hybridized carbons (Fsp3) is 0.467. The van der Waals surface area contributed by atoms with Crippen LogP contribution >= 0.6 is 0 Å². The average Bonchev–Trinajstić information content (AvgIpc) is 2.55. The van der Waals surface area contributed by atoms with Crippen molar-refractivity contribution >= 4 is 12.1 Å². The number of alkyl halides is 2. The molecule has 2 rings (SSSR count). The molecule has 1 fully saturated rings. The Hall–Kier alpha value is -2.06. The van der Waals surface area contributed by atoms with E-state index in [2.05, 4.69) is 20.2 Å². The molecule has 23 heavy (non-hydrogen) atoms. The van der Waals surface area contributed by atoms with E-state index < -0.39 is 6.61 Å². The minimum Gasteiger partial charge on any atom is -0.434 e. The highest BCUT2D eigenvalue weighted by atomic mass is 19.3. The predicted octanol–water partition coefficient (Wildman–Crippen LogP) is 1.46. The monoisotopic (exact) mass is 327 g/mol. The first-order chi connectivity index (χ1) is 11.1. The number of ether oxygens (including phenoxy) is 2. The Morgan fingerprint density at radius 3 is 2.87 bits per heavy atom. The molecule has 1 aliphatic heterocycles. The molecule has 1 aliphatic rings. The number of morpholine rings is 1. The van der Waals surface area contributed by atoms with Crippen molar-refractivity contribution in [3.05, 3.63) is 29.8 Å². The Morgan fingerprint density at radius 1 is 1.39 bits per heavy atom. The van der Waals surface area contributed by atoms with Crippen molar-refractivity contribution in [2.75, 3.05) is 32.8 Å². The lowest BCUT2D eigenvalue weighted by atomic mass is 10.2. The molecule has 0 saturated carbocycles. The fourth-order valence-electron chi connectivity index (χ4n) is 2.10. The van der Waals surface area contributed by atoms with E-state index in [4.69, 9.17) is 4.74 Å². The quantitative estimate of drug-likeness (QED) is 0.608. The van der Waals surface area contributed by atoms with E-state index in [0.29, 0.717) is 31.7 Å². The van der Waals surface area contributed by atoms with Crippen LogP contribution < -0.4 is 10.2 Å². The lowest BCUT2D eigenvalue weighted by Crippen LogP contribution is -2.38. The average molecular weight is 327 g/mol. The third-order valence-corrected chi connectivity index (χ3v) is 3.29. The van der Waals surface area contributed by atoms with E-state index in [9.17, 15) is 13.6 Å². The van der Waals surface area contributed by atoms with E-state index in [-0.39, 0.29) is 11.7 Å². The van der Waals surface area contributed by atoms with Gasteiger partial charge in [-0.15, -0.1) is 0 Å². The Bertz CT molecular complexity index is 534. The first-order valence-electron chi connectivity index (χ1n) is 7.31. The number of nitrogens with zero attached hydrogens (tertiary/aromatic N) is 2. The van der Waals surface area contributed by atoms with Crippen molar-refractivity contribution in [2.24, 2.45) is 5.10 Å². The summed E-state index contributed by atoms with van der Waals surface area (Å²) in [4.78, 5) is 13.8. The van der Waals surface area contributed by atoms with E-state index in [1.54, 1.807) is 18.2 Å². The summed E-state index contributed by atoms with van der Waals surface area (Å²) in [6.07, 6.45) is 1.59. The summed E-state index contributed by atoms with van der Waals surface area (Å²) in [5, 5.41) is 3.78. The molecule has 1 saturated heterocycles. The highest BCUT2D eigenvalue weighted by Gasteiger charge is 2.11. The first-order valence-corrected chi connectivity index (χ1v) is 7.31. The molecule has 0 unspecified atom stereocenters. The summed E-state index contributed by atoms with van der Waals surface area (Å²) < 4.78 is 34.2. The number of hydrogen-bond acceptors (Lipinski definition) is 5. The summed E-state index contributed by atoms with van der Waals surface area (Å²) in [6.45, 7) is 0.716. The molecular weight excluding hydrogens is 308 g/mol. The lowest BCUT2D eigenvalue weighted by molar-refractivity contribution is -0.121. The molecule has 0 bridgehead atoms. The first kappa shape index (κ1) is 17.3. The highest BCUT2D eigenvalue weighted by molar-refractivity contribution is 5.85. The zero-order valence-electron chi connectivity index (χ0n) is 12.6. The van der Waals surface area contributed by atoms with E-state index in [1.165, 1.54) is 12.3 Å². The van der Waals surface area contributed by atoms with E-state index in [0.717, 1.165) is 13.1 Å². The van der Waals surface area contributed by atoms with Crippen LogP contribution in [0.3, 0.4) is 0 Å². The summed E-state index contributed by atoms with van der Waals surface area (Å²) in [6, 6.07) is 6.23. The number of rotatable bonds is 7. The highest BCUT2D eigenvalue weighted by Crippen LogP contribution is 2.18. The Morgan fingerprint density at radius 2 is 2.13 bits per heavy atom. The summed E-state index contributed by atoms with van der Waals surface area (Å²) in [5.41, 5.74) is 2.74. The molecule has 0 aliphatic carbocycles. The molecule has 6 nitrogen and oxygen atoms in total.